The Morgan fingerprint density at radius 1 is 1.16 bits per heavy atom. The van der Waals surface area contributed by atoms with Crippen molar-refractivity contribution in [1.29, 1.82) is 0 Å². The molecule has 0 radical (unpaired) electrons. The Balaban J connectivity index is 1.67. The molecule has 8 heteroatoms. The van der Waals surface area contributed by atoms with Gasteiger partial charge in [-0.25, -0.2) is 4.79 Å². The molecule has 174 valence electrons. The highest BCUT2D eigenvalue weighted by Gasteiger charge is 2.53. The van der Waals surface area contributed by atoms with Crippen LogP contribution in [0.2, 0.25) is 0 Å². The van der Waals surface area contributed by atoms with Gasteiger partial charge in [-0.1, -0.05) is 33.3 Å². The van der Waals surface area contributed by atoms with Crippen molar-refractivity contribution in [1.82, 2.24) is 10.2 Å². The fourth-order valence-electron chi connectivity index (χ4n) is 4.73. The molecular formula is C24H34N4O4. The minimum atomic E-state index is -0.900. The summed E-state index contributed by atoms with van der Waals surface area (Å²) >= 11 is 0. The van der Waals surface area contributed by atoms with Gasteiger partial charge in [-0.15, -0.1) is 0 Å². The molecule has 2 fully saturated rings. The van der Waals surface area contributed by atoms with Crippen molar-refractivity contribution in [3.8, 4) is 0 Å². The third-order valence-corrected chi connectivity index (χ3v) is 7.16. The smallest absolute Gasteiger partial charge is 0.325 e. The summed E-state index contributed by atoms with van der Waals surface area (Å²) in [5.74, 6) is -0.573. The number of nitrogens with zero attached hydrogens (tertiary/aromatic N) is 1. The molecule has 0 atom stereocenters. The third-order valence-electron chi connectivity index (χ3n) is 7.16. The summed E-state index contributed by atoms with van der Waals surface area (Å²) in [6.07, 6.45) is 3.99. The number of nitrogens with one attached hydrogen (secondary N) is 3. The van der Waals surface area contributed by atoms with Crippen LogP contribution in [0, 0.1) is 18.3 Å². The standard InChI is InChI=1S/C24H34N4O4/c1-6-23(4,5)17-9-11-24(12-10-17)21(31)28(22(32)27-24)14-20(30)26-19-13-15(2)7-8-18(19)25-16(3)29/h7-8,13,17H,6,9-12,14H2,1-5H3,(H,25,29)(H,26,30)(H,27,32). The first kappa shape index (κ1) is 23.8. The fraction of sp³-hybridized carbons (Fsp3) is 0.583. The number of benzene rings is 1. The molecule has 0 bridgehead atoms. The number of rotatable bonds is 6. The molecule has 3 N–H and O–H groups in total. The molecule has 1 heterocycles. The number of urea groups is 1. The van der Waals surface area contributed by atoms with Gasteiger partial charge >= 0.3 is 6.03 Å². The van der Waals surface area contributed by atoms with Crippen molar-refractivity contribution in [2.24, 2.45) is 11.3 Å². The van der Waals surface area contributed by atoms with Gasteiger partial charge in [-0.3, -0.25) is 19.3 Å². The predicted molar refractivity (Wildman–Crippen MR) is 123 cm³/mol. The zero-order valence-corrected chi connectivity index (χ0v) is 19.6. The fourth-order valence-corrected chi connectivity index (χ4v) is 4.73. The van der Waals surface area contributed by atoms with Gasteiger partial charge in [0, 0.05) is 6.92 Å². The van der Waals surface area contributed by atoms with E-state index in [2.05, 4.69) is 36.7 Å². The SMILES string of the molecule is CCC(C)(C)C1CCC2(CC1)NC(=O)N(CC(=O)Nc1cc(C)ccc1NC(C)=O)C2=O. The summed E-state index contributed by atoms with van der Waals surface area (Å²) in [4.78, 5) is 50.9. The Bertz CT molecular complexity index is 932. The molecule has 32 heavy (non-hydrogen) atoms. The van der Waals surface area contributed by atoms with E-state index in [1.165, 1.54) is 6.92 Å². The van der Waals surface area contributed by atoms with Gasteiger partial charge in [0.1, 0.15) is 12.1 Å². The summed E-state index contributed by atoms with van der Waals surface area (Å²) in [6, 6.07) is 4.72. The van der Waals surface area contributed by atoms with Gasteiger partial charge in [0.15, 0.2) is 0 Å². The van der Waals surface area contributed by atoms with Crippen LogP contribution in [0.1, 0.15) is 65.4 Å². The lowest BCUT2D eigenvalue weighted by Crippen LogP contribution is -2.51. The van der Waals surface area contributed by atoms with Crippen LogP contribution in [0.3, 0.4) is 0 Å². The summed E-state index contributed by atoms with van der Waals surface area (Å²) in [6.45, 7) is 9.56. The molecule has 1 spiro atoms. The number of carbonyl (C=O) groups excluding carboxylic acids is 4. The van der Waals surface area contributed by atoms with E-state index in [0.29, 0.717) is 30.1 Å². The van der Waals surface area contributed by atoms with Crippen LogP contribution in [0.4, 0.5) is 16.2 Å². The van der Waals surface area contributed by atoms with Crippen LogP contribution in [0.5, 0.6) is 0 Å². The molecular weight excluding hydrogens is 408 g/mol. The first-order valence-electron chi connectivity index (χ1n) is 11.3. The summed E-state index contributed by atoms with van der Waals surface area (Å²) in [5.41, 5.74) is 1.08. The molecule has 5 amide bonds. The average molecular weight is 443 g/mol. The normalized spacial score (nSPS) is 23.3. The molecule has 0 aromatic heterocycles. The van der Waals surface area contributed by atoms with Crippen molar-refractivity contribution in [3.05, 3.63) is 23.8 Å². The number of aryl methyl sites for hydroxylation is 1. The van der Waals surface area contributed by atoms with Crippen molar-refractivity contribution >= 4 is 35.1 Å². The molecule has 8 nitrogen and oxygen atoms in total. The summed E-state index contributed by atoms with van der Waals surface area (Å²) in [7, 11) is 0. The average Bonchev–Trinajstić information content (AvgIpc) is 2.94. The quantitative estimate of drug-likeness (QED) is 0.582. The van der Waals surface area contributed by atoms with Crippen LogP contribution in [-0.2, 0) is 14.4 Å². The zero-order valence-electron chi connectivity index (χ0n) is 19.6. The van der Waals surface area contributed by atoms with E-state index in [1.54, 1.807) is 12.1 Å². The predicted octanol–water partition coefficient (Wildman–Crippen LogP) is 3.81. The molecule has 1 saturated heterocycles. The Hall–Kier alpha value is -2.90. The second kappa shape index (κ2) is 8.92. The zero-order chi connectivity index (χ0) is 23.7. The molecule has 2 aliphatic rings. The molecule has 1 aliphatic carbocycles. The van der Waals surface area contributed by atoms with Gasteiger partial charge in [0.25, 0.3) is 5.91 Å². The van der Waals surface area contributed by atoms with Crippen LogP contribution < -0.4 is 16.0 Å². The van der Waals surface area contributed by atoms with Gasteiger partial charge < -0.3 is 16.0 Å². The second-order valence-corrected chi connectivity index (χ2v) is 9.80. The van der Waals surface area contributed by atoms with Gasteiger partial charge in [0.2, 0.25) is 11.8 Å². The summed E-state index contributed by atoms with van der Waals surface area (Å²) < 4.78 is 0. The van der Waals surface area contributed by atoms with Gasteiger partial charge in [0.05, 0.1) is 11.4 Å². The van der Waals surface area contributed by atoms with Crippen LogP contribution >= 0.6 is 0 Å². The minimum absolute atomic E-state index is 0.201. The number of hydrogen-bond acceptors (Lipinski definition) is 4. The monoisotopic (exact) mass is 442 g/mol. The number of imide groups is 1. The number of hydrogen-bond donors (Lipinski definition) is 3. The summed E-state index contributed by atoms with van der Waals surface area (Å²) in [5, 5.41) is 8.27. The Morgan fingerprint density at radius 2 is 1.81 bits per heavy atom. The van der Waals surface area contributed by atoms with E-state index in [9.17, 15) is 19.2 Å². The van der Waals surface area contributed by atoms with Gasteiger partial charge in [-0.2, -0.15) is 0 Å². The highest BCUT2D eigenvalue weighted by Crippen LogP contribution is 2.45. The third kappa shape index (κ3) is 4.79. The first-order chi connectivity index (χ1) is 15.0. The van der Waals surface area contributed by atoms with Crippen molar-refractivity contribution in [3.63, 3.8) is 0 Å². The first-order valence-corrected chi connectivity index (χ1v) is 11.3. The largest absolute Gasteiger partial charge is 0.325 e. The molecule has 1 aromatic carbocycles. The molecule has 3 rings (SSSR count). The highest BCUT2D eigenvalue weighted by molar-refractivity contribution is 6.10. The Labute approximate surface area is 189 Å². The maximum absolute atomic E-state index is 13.2. The Morgan fingerprint density at radius 3 is 2.41 bits per heavy atom. The van der Waals surface area contributed by atoms with Gasteiger partial charge in [-0.05, 0) is 61.6 Å². The number of anilines is 2. The lowest BCUT2D eigenvalue weighted by Gasteiger charge is -2.42. The lowest BCUT2D eigenvalue weighted by atomic mass is 9.65. The maximum Gasteiger partial charge on any atom is 0.325 e. The van der Waals surface area contributed by atoms with Crippen molar-refractivity contribution < 1.29 is 19.2 Å². The lowest BCUT2D eigenvalue weighted by molar-refractivity contribution is -0.135. The maximum atomic E-state index is 13.2. The second-order valence-electron chi connectivity index (χ2n) is 9.80. The number of carbonyl (C=O) groups is 4. The van der Waals surface area contributed by atoms with Crippen molar-refractivity contribution in [2.45, 2.75) is 72.3 Å². The van der Waals surface area contributed by atoms with Crippen molar-refractivity contribution in [2.75, 3.05) is 17.2 Å². The van der Waals surface area contributed by atoms with Crippen LogP contribution in [-0.4, -0.2) is 40.7 Å². The van der Waals surface area contributed by atoms with E-state index in [0.717, 1.165) is 29.7 Å². The topological polar surface area (TPSA) is 108 Å². The molecule has 1 aromatic rings. The van der Waals surface area contributed by atoms with Crippen LogP contribution in [0.15, 0.2) is 18.2 Å². The van der Waals surface area contributed by atoms with E-state index in [-0.39, 0.29) is 23.8 Å². The molecule has 1 aliphatic heterocycles. The number of amides is 5. The Kier molecular flexibility index (Phi) is 6.62. The minimum Gasteiger partial charge on any atom is -0.325 e. The van der Waals surface area contributed by atoms with Crippen LogP contribution in [0.25, 0.3) is 0 Å². The van der Waals surface area contributed by atoms with E-state index in [4.69, 9.17) is 0 Å². The van der Waals surface area contributed by atoms with E-state index >= 15 is 0 Å². The van der Waals surface area contributed by atoms with E-state index in [1.807, 2.05) is 13.0 Å². The van der Waals surface area contributed by atoms with E-state index < -0.39 is 17.5 Å². The highest BCUT2D eigenvalue weighted by atomic mass is 16.2. The molecule has 0 unspecified atom stereocenters. The molecule has 1 saturated carbocycles.